The minimum Gasteiger partial charge on any atom is -0.326 e. The van der Waals surface area contributed by atoms with E-state index in [0.717, 1.165) is 25.7 Å². The number of para-hydroxylation sites is 1. The van der Waals surface area contributed by atoms with Crippen molar-refractivity contribution in [1.82, 2.24) is 9.55 Å². The Hall–Kier alpha value is -3.13. The topological polar surface area (TPSA) is 93.1 Å². The lowest BCUT2D eigenvalue weighted by atomic mass is 9.95. The highest BCUT2D eigenvalue weighted by atomic mass is 32.2. The number of hydrogen-bond acceptors (Lipinski definition) is 5. The van der Waals surface area contributed by atoms with E-state index >= 15 is 0 Å². The molecular weight excluding hydrogens is 424 g/mol. The molecule has 2 N–H and O–H groups in total. The number of amides is 2. The smallest absolute Gasteiger partial charge is 0.262 e. The predicted molar refractivity (Wildman–Crippen MR) is 128 cm³/mol. The van der Waals surface area contributed by atoms with E-state index in [2.05, 4.69) is 10.6 Å². The number of thioether (sulfide) groups is 1. The summed E-state index contributed by atoms with van der Waals surface area (Å²) in [5.41, 5.74) is 1.83. The van der Waals surface area contributed by atoms with Gasteiger partial charge in [-0.2, -0.15) is 0 Å². The second-order valence-corrected chi connectivity index (χ2v) is 8.92. The van der Waals surface area contributed by atoms with Crippen LogP contribution in [0.5, 0.6) is 0 Å². The molecule has 1 aromatic heterocycles. The summed E-state index contributed by atoms with van der Waals surface area (Å²) in [6, 6.07) is 14.5. The van der Waals surface area contributed by atoms with E-state index in [1.165, 1.54) is 25.1 Å². The van der Waals surface area contributed by atoms with Gasteiger partial charge in [-0.1, -0.05) is 49.2 Å². The molecule has 3 aromatic rings. The van der Waals surface area contributed by atoms with Gasteiger partial charge in [0, 0.05) is 24.3 Å². The molecule has 1 aliphatic rings. The Bertz CT molecular complexity index is 1200. The fraction of sp³-hybridized carbons (Fsp3) is 0.333. The molecule has 0 unspecified atom stereocenters. The first kappa shape index (κ1) is 22.1. The molecule has 0 bridgehead atoms. The Balaban J connectivity index is 1.54. The number of anilines is 2. The van der Waals surface area contributed by atoms with Gasteiger partial charge in [0.25, 0.3) is 5.56 Å². The second kappa shape index (κ2) is 9.99. The molecule has 2 amide bonds. The predicted octanol–water partition coefficient (Wildman–Crippen LogP) is 4.59. The zero-order valence-electron chi connectivity index (χ0n) is 18.0. The molecule has 32 heavy (non-hydrogen) atoms. The molecular formula is C24H26N4O3S. The summed E-state index contributed by atoms with van der Waals surface area (Å²) >= 11 is 1.28. The fourth-order valence-corrected chi connectivity index (χ4v) is 4.96. The van der Waals surface area contributed by atoms with Crippen molar-refractivity contribution in [2.75, 3.05) is 16.4 Å². The highest BCUT2D eigenvalue weighted by Gasteiger charge is 2.22. The van der Waals surface area contributed by atoms with Crippen LogP contribution in [-0.2, 0) is 9.59 Å². The van der Waals surface area contributed by atoms with Gasteiger partial charge in [-0.15, -0.1) is 0 Å². The highest BCUT2D eigenvalue weighted by molar-refractivity contribution is 7.99. The van der Waals surface area contributed by atoms with E-state index in [9.17, 15) is 14.4 Å². The summed E-state index contributed by atoms with van der Waals surface area (Å²) in [7, 11) is 0. The molecule has 0 spiro atoms. The van der Waals surface area contributed by atoms with Gasteiger partial charge in [-0.3, -0.25) is 19.0 Å². The summed E-state index contributed by atoms with van der Waals surface area (Å²) in [4.78, 5) is 41.9. The maximum atomic E-state index is 13.3. The standard InChI is InChI=1S/C24H26N4O3S/c1-16(29)25-17-8-7-9-18(14-17)26-22(30)15-32-24-27-21-13-6-5-12-20(21)23(31)28(24)19-10-3-2-4-11-19/h5-9,12-14,19H,2-4,10-11,15H2,1H3,(H,25,29)(H,26,30). The number of nitrogens with one attached hydrogen (secondary N) is 2. The molecule has 0 radical (unpaired) electrons. The third-order valence-corrected chi connectivity index (χ3v) is 6.47. The number of carbonyl (C=O) groups excluding carboxylic acids is 2. The second-order valence-electron chi connectivity index (χ2n) is 7.98. The molecule has 1 aliphatic carbocycles. The van der Waals surface area contributed by atoms with Crippen LogP contribution in [0.1, 0.15) is 45.1 Å². The van der Waals surface area contributed by atoms with Crippen molar-refractivity contribution < 1.29 is 9.59 Å². The summed E-state index contributed by atoms with van der Waals surface area (Å²) in [6.45, 7) is 1.43. The highest BCUT2D eigenvalue weighted by Crippen LogP contribution is 2.31. The van der Waals surface area contributed by atoms with Crippen LogP contribution < -0.4 is 16.2 Å². The molecule has 4 rings (SSSR count). The van der Waals surface area contributed by atoms with Gasteiger partial charge in [0.05, 0.1) is 16.7 Å². The molecule has 7 nitrogen and oxygen atoms in total. The Morgan fingerprint density at radius 2 is 1.75 bits per heavy atom. The van der Waals surface area contributed by atoms with Crippen LogP contribution in [0, 0.1) is 0 Å². The van der Waals surface area contributed by atoms with Crippen molar-refractivity contribution in [2.24, 2.45) is 0 Å². The van der Waals surface area contributed by atoms with Gasteiger partial charge in [0.15, 0.2) is 5.16 Å². The van der Waals surface area contributed by atoms with E-state index in [0.29, 0.717) is 27.4 Å². The van der Waals surface area contributed by atoms with E-state index in [4.69, 9.17) is 4.98 Å². The van der Waals surface area contributed by atoms with Gasteiger partial charge < -0.3 is 10.6 Å². The maximum Gasteiger partial charge on any atom is 0.262 e. The van der Waals surface area contributed by atoms with Crippen molar-refractivity contribution >= 4 is 45.9 Å². The van der Waals surface area contributed by atoms with Crippen LogP contribution in [0.4, 0.5) is 11.4 Å². The Labute approximate surface area is 190 Å². The summed E-state index contributed by atoms with van der Waals surface area (Å²) in [5.74, 6) is -0.248. The summed E-state index contributed by atoms with van der Waals surface area (Å²) in [6.07, 6.45) is 5.29. The lowest BCUT2D eigenvalue weighted by molar-refractivity contribution is -0.114. The normalized spacial score (nSPS) is 14.3. The number of nitrogens with zero attached hydrogens (tertiary/aromatic N) is 2. The van der Waals surface area contributed by atoms with Crippen LogP contribution in [0.3, 0.4) is 0 Å². The zero-order chi connectivity index (χ0) is 22.5. The molecule has 2 aromatic carbocycles. The third kappa shape index (κ3) is 5.19. The summed E-state index contributed by atoms with van der Waals surface area (Å²) in [5, 5.41) is 6.75. The first-order valence-corrected chi connectivity index (χ1v) is 11.8. The first-order chi connectivity index (χ1) is 15.5. The van der Waals surface area contributed by atoms with Crippen molar-refractivity contribution in [3.8, 4) is 0 Å². The van der Waals surface area contributed by atoms with E-state index < -0.39 is 0 Å². The number of fused-ring (bicyclic) bond motifs is 1. The van der Waals surface area contributed by atoms with Gasteiger partial charge in [-0.25, -0.2) is 4.98 Å². The molecule has 166 valence electrons. The van der Waals surface area contributed by atoms with E-state index in [-0.39, 0.29) is 29.2 Å². The minimum absolute atomic E-state index is 0.0339. The van der Waals surface area contributed by atoms with Gasteiger partial charge in [0.1, 0.15) is 0 Å². The average Bonchev–Trinajstić information content (AvgIpc) is 2.78. The van der Waals surface area contributed by atoms with Crippen molar-refractivity contribution in [3.05, 3.63) is 58.9 Å². The number of aromatic nitrogens is 2. The van der Waals surface area contributed by atoms with Crippen LogP contribution in [0.25, 0.3) is 10.9 Å². The largest absolute Gasteiger partial charge is 0.326 e. The van der Waals surface area contributed by atoms with Crippen LogP contribution >= 0.6 is 11.8 Å². The molecule has 0 atom stereocenters. The van der Waals surface area contributed by atoms with Crippen molar-refractivity contribution in [3.63, 3.8) is 0 Å². The molecule has 0 aliphatic heterocycles. The van der Waals surface area contributed by atoms with Gasteiger partial charge >= 0.3 is 0 Å². The van der Waals surface area contributed by atoms with Crippen LogP contribution in [0.15, 0.2) is 58.5 Å². The monoisotopic (exact) mass is 450 g/mol. The lowest BCUT2D eigenvalue weighted by Gasteiger charge is -2.26. The Morgan fingerprint density at radius 3 is 2.50 bits per heavy atom. The van der Waals surface area contributed by atoms with Gasteiger partial charge in [-0.05, 0) is 43.2 Å². The SMILES string of the molecule is CC(=O)Nc1cccc(NC(=O)CSc2nc3ccccc3c(=O)n2C2CCCCC2)c1. The molecule has 8 heteroatoms. The molecule has 1 fully saturated rings. The van der Waals surface area contributed by atoms with Crippen molar-refractivity contribution in [2.45, 2.75) is 50.2 Å². The number of carbonyl (C=O) groups is 2. The Kier molecular flexibility index (Phi) is 6.90. The molecule has 0 saturated heterocycles. The van der Waals surface area contributed by atoms with E-state index in [1.54, 1.807) is 28.8 Å². The van der Waals surface area contributed by atoms with Crippen molar-refractivity contribution in [1.29, 1.82) is 0 Å². The summed E-state index contributed by atoms with van der Waals surface area (Å²) < 4.78 is 1.80. The van der Waals surface area contributed by atoms with E-state index in [1.807, 2.05) is 24.3 Å². The molecule has 1 heterocycles. The first-order valence-electron chi connectivity index (χ1n) is 10.8. The quantitative estimate of drug-likeness (QED) is 0.423. The third-order valence-electron chi connectivity index (χ3n) is 5.51. The number of hydrogen-bond donors (Lipinski definition) is 2. The van der Waals surface area contributed by atoms with Crippen LogP contribution in [-0.4, -0.2) is 27.1 Å². The minimum atomic E-state index is -0.201. The zero-order valence-corrected chi connectivity index (χ0v) is 18.8. The fourth-order valence-electron chi connectivity index (χ4n) is 4.09. The number of benzene rings is 2. The van der Waals surface area contributed by atoms with Gasteiger partial charge in [0.2, 0.25) is 11.8 Å². The lowest BCUT2D eigenvalue weighted by Crippen LogP contribution is -2.29. The van der Waals surface area contributed by atoms with Crippen LogP contribution in [0.2, 0.25) is 0 Å². The maximum absolute atomic E-state index is 13.3. The molecule has 1 saturated carbocycles. The number of rotatable bonds is 6. The Morgan fingerprint density at radius 1 is 1.03 bits per heavy atom. The average molecular weight is 451 g/mol.